The maximum absolute atomic E-state index is 11.8. The fourth-order valence-electron chi connectivity index (χ4n) is 2.22. The van der Waals surface area contributed by atoms with Crippen LogP contribution in [0, 0.1) is 0 Å². The molecule has 1 aliphatic rings. The van der Waals surface area contributed by atoms with E-state index >= 15 is 0 Å². The maximum atomic E-state index is 11.8. The van der Waals surface area contributed by atoms with Crippen LogP contribution in [0.2, 0.25) is 0 Å². The minimum atomic E-state index is -0.205. The molecule has 1 heterocycles. The van der Waals surface area contributed by atoms with E-state index < -0.39 is 0 Å². The Kier molecular flexibility index (Phi) is 4.07. The minimum absolute atomic E-state index is 0.205. The van der Waals surface area contributed by atoms with Crippen LogP contribution in [0.3, 0.4) is 0 Å². The molecule has 1 aliphatic heterocycles. The molecule has 0 spiro atoms. The van der Waals surface area contributed by atoms with Crippen molar-refractivity contribution in [1.29, 1.82) is 0 Å². The fraction of sp³-hybridized carbons (Fsp3) is 0.500. The molecule has 4 nitrogen and oxygen atoms in total. The minimum Gasteiger partial charge on any atom is -0.497 e. The van der Waals surface area contributed by atoms with Crippen molar-refractivity contribution in [3.05, 3.63) is 29.8 Å². The monoisotopic (exact) mass is 249 g/mol. The summed E-state index contributed by atoms with van der Waals surface area (Å²) in [4.78, 5) is 13.6. The van der Waals surface area contributed by atoms with E-state index in [4.69, 9.17) is 9.47 Å². The first kappa shape index (κ1) is 12.7. The van der Waals surface area contributed by atoms with Crippen LogP contribution in [0.4, 0.5) is 4.79 Å². The second-order valence-electron chi connectivity index (χ2n) is 4.44. The molecule has 0 aliphatic carbocycles. The van der Waals surface area contributed by atoms with Crippen molar-refractivity contribution in [2.75, 3.05) is 13.7 Å². The predicted molar refractivity (Wildman–Crippen MR) is 68.6 cm³/mol. The van der Waals surface area contributed by atoms with Crippen molar-refractivity contribution >= 4 is 6.09 Å². The number of carbonyl (C=O) groups is 1. The number of hydrogen-bond acceptors (Lipinski definition) is 3. The first-order valence-corrected chi connectivity index (χ1v) is 6.31. The molecule has 18 heavy (non-hydrogen) atoms. The molecule has 1 amide bonds. The molecule has 1 aromatic rings. The van der Waals surface area contributed by atoms with Crippen molar-refractivity contribution in [1.82, 2.24) is 4.90 Å². The van der Waals surface area contributed by atoms with Crippen molar-refractivity contribution in [3.63, 3.8) is 0 Å². The SMILES string of the molecule is CCC1CCOC(=O)N1Cc1ccc(OC)cc1. The summed E-state index contributed by atoms with van der Waals surface area (Å²) in [7, 11) is 1.64. The third-order valence-corrected chi connectivity index (χ3v) is 3.34. The van der Waals surface area contributed by atoms with Gasteiger partial charge in [0.2, 0.25) is 0 Å². The van der Waals surface area contributed by atoms with Crippen LogP contribution in [0.1, 0.15) is 25.3 Å². The molecule has 0 radical (unpaired) electrons. The molecular weight excluding hydrogens is 230 g/mol. The van der Waals surface area contributed by atoms with Gasteiger partial charge in [0, 0.05) is 19.0 Å². The summed E-state index contributed by atoms with van der Waals surface area (Å²) < 4.78 is 10.2. The topological polar surface area (TPSA) is 38.8 Å². The van der Waals surface area contributed by atoms with Gasteiger partial charge in [-0.1, -0.05) is 19.1 Å². The molecule has 2 rings (SSSR count). The van der Waals surface area contributed by atoms with E-state index in [1.165, 1.54) is 0 Å². The van der Waals surface area contributed by atoms with Crippen molar-refractivity contribution < 1.29 is 14.3 Å². The lowest BCUT2D eigenvalue weighted by Gasteiger charge is -2.34. The van der Waals surface area contributed by atoms with Gasteiger partial charge >= 0.3 is 6.09 Å². The number of nitrogens with zero attached hydrogens (tertiary/aromatic N) is 1. The number of amides is 1. The zero-order valence-corrected chi connectivity index (χ0v) is 10.9. The molecule has 0 bridgehead atoms. The molecule has 0 N–H and O–H groups in total. The molecule has 1 fully saturated rings. The molecule has 0 saturated carbocycles. The van der Waals surface area contributed by atoms with Gasteiger partial charge in [-0.15, -0.1) is 0 Å². The van der Waals surface area contributed by atoms with Crippen molar-refractivity contribution in [3.8, 4) is 5.75 Å². The quantitative estimate of drug-likeness (QED) is 0.823. The first-order chi connectivity index (χ1) is 8.74. The second kappa shape index (κ2) is 5.76. The van der Waals surface area contributed by atoms with Crippen LogP contribution in [0.15, 0.2) is 24.3 Å². The lowest BCUT2D eigenvalue weighted by atomic mass is 10.1. The van der Waals surface area contributed by atoms with Crippen LogP contribution in [-0.2, 0) is 11.3 Å². The van der Waals surface area contributed by atoms with Crippen LogP contribution in [0.5, 0.6) is 5.75 Å². The Balaban J connectivity index is 2.07. The average molecular weight is 249 g/mol. The number of hydrogen-bond donors (Lipinski definition) is 0. The Morgan fingerprint density at radius 2 is 2.11 bits per heavy atom. The number of methoxy groups -OCH3 is 1. The summed E-state index contributed by atoms with van der Waals surface area (Å²) in [5, 5.41) is 0. The Morgan fingerprint density at radius 1 is 1.39 bits per heavy atom. The van der Waals surface area contributed by atoms with E-state index in [-0.39, 0.29) is 12.1 Å². The summed E-state index contributed by atoms with van der Waals surface area (Å²) in [5.74, 6) is 0.826. The number of ether oxygens (including phenoxy) is 2. The highest BCUT2D eigenvalue weighted by Gasteiger charge is 2.28. The predicted octanol–water partition coefficient (Wildman–Crippen LogP) is 2.82. The van der Waals surface area contributed by atoms with Crippen LogP contribution in [-0.4, -0.2) is 30.8 Å². The van der Waals surface area contributed by atoms with E-state index in [2.05, 4.69) is 6.92 Å². The summed E-state index contributed by atoms with van der Waals surface area (Å²) in [6.07, 6.45) is 1.67. The highest BCUT2D eigenvalue weighted by atomic mass is 16.6. The molecule has 0 aromatic heterocycles. The van der Waals surface area contributed by atoms with Gasteiger partial charge in [0.1, 0.15) is 5.75 Å². The molecule has 1 unspecified atom stereocenters. The molecule has 1 atom stereocenters. The molecule has 1 saturated heterocycles. The summed E-state index contributed by atoms with van der Waals surface area (Å²) >= 11 is 0. The van der Waals surface area contributed by atoms with E-state index in [1.54, 1.807) is 7.11 Å². The van der Waals surface area contributed by atoms with E-state index in [9.17, 15) is 4.79 Å². The standard InChI is InChI=1S/C14H19NO3/c1-3-12-8-9-18-14(16)15(12)10-11-4-6-13(17-2)7-5-11/h4-7,12H,3,8-10H2,1-2H3. The van der Waals surface area contributed by atoms with Crippen LogP contribution >= 0.6 is 0 Å². The maximum Gasteiger partial charge on any atom is 0.410 e. The largest absolute Gasteiger partial charge is 0.497 e. The van der Waals surface area contributed by atoms with Gasteiger partial charge in [0.25, 0.3) is 0 Å². The normalized spacial score (nSPS) is 19.6. The number of carbonyl (C=O) groups excluding carboxylic acids is 1. The zero-order valence-electron chi connectivity index (χ0n) is 10.9. The van der Waals surface area contributed by atoms with E-state index in [0.29, 0.717) is 13.2 Å². The number of benzene rings is 1. The molecule has 4 heteroatoms. The Labute approximate surface area is 107 Å². The number of rotatable bonds is 4. The Morgan fingerprint density at radius 3 is 2.72 bits per heavy atom. The van der Waals surface area contributed by atoms with Gasteiger partial charge in [-0.2, -0.15) is 0 Å². The van der Waals surface area contributed by atoms with Crippen LogP contribution in [0.25, 0.3) is 0 Å². The fourth-order valence-corrected chi connectivity index (χ4v) is 2.22. The molecule has 1 aromatic carbocycles. The lowest BCUT2D eigenvalue weighted by Crippen LogP contribution is -2.44. The highest BCUT2D eigenvalue weighted by molar-refractivity contribution is 5.68. The zero-order chi connectivity index (χ0) is 13.0. The summed E-state index contributed by atoms with van der Waals surface area (Å²) in [6, 6.07) is 8.06. The summed E-state index contributed by atoms with van der Waals surface area (Å²) in [6.45, 7) is 3.24. The van der Waals surface area contributed by atoms with Crippen molar-refractivity contribution in [2.24, 2.45) is 0 Å². The lowest BCUT2D eigenvalue weighted by molar-refractivity contribution is 0.0394. The molecule has 98 valence electrons. The van der Waals surface area contributed by atoms with E-state index in [1.807, 2.05) is 29.2 Å². The highest BCUT2D eigenvalue weighted by Crippen LogP contribution is 2.20. The van der Waals surface area contributed by atoms with Gasteiger partial charge in [0.15, 0.2) is 0 Å². The van der Waals surface area contributed by atoms with Crippen molar-refractivity contribution in [2.45, 2.75) is 32.4 Å². The van der Waals surface area contributed by atoms with E-state index in [0.717, 1.165) is 24.2 Å². The van der Waals surface area contributed by atoms with Gasteiger partial charge in [-0.3, -0.25) is 0 Å². The smallest absolute Gasteiger partial charge is 0.410 e. The Bertz CT molecular complexity index is 402. The van der Waals surface area contributed by atoms with Gasteiger partial charge in [-0.05, 0) is 24.1 Å². The number of cyclic esters (lactones) is 1. The second-order valence-corrected chi connectivity index (χ2v) is 4.44. The Hall–Kier alpha value is -1.71. The average Bonchev–Trinajstić information content (AvgIpc) is 2.42. The van der Waals surface area contributed by atoms with Gasteiger partial charge in [0.05, 0.1) is 13.7 Å². The van der Waals surface area contributed by atoms with Gasteiger partial charge in [-0.25, -0.2) is 4.79 Å². The first-order valence-electron chi connectivity index (χ1n) is 6.31. The van der Waals surface area contributed by atoms with Crippen LogP contribution < -0.4 is 4.74 Å². The third kappa shape index (κ3) is 2.75. The summed E-state index contributed by atoms with van der Waals surface area (Å²) in [5.41, 5.74) is 1.09. The third-order valence-electron chi connectivity index (χ3n) is 3.34. The van der Waals surface area contributed by atoms with Gasteiger partial charge < -0.3 is 14.4 Å². The molecular formula is C14H19NO3.